The highest BCUT2D eigenvalue weighted by Crippen LogP contribution is 2.60. The largest absolute Gasteiger partial charge is 0.477 e. The van der Waals surface area contributed by atoms with Gasteiger partial charge in [-0.15, -0.1) is 0 Å². The number of piperidine rings is 3. The molecule has 0 aliphatic carbocycles. The first-order valence-electron chi connectivity index (χ1n) is 27.8. The van der Waals surface area contributed by atoms with Gasteiger partial charge in [-0.05, 0) is 158 Å². The zero-order valence-corrected chi connectivity index (χ0v) is 43.2. The Labute approximate surface area is 431 Å². The van der Waals surface area contributed by atoms with Gasteiger partial charge in [0.2, 0.25) is 0 Å². The third-order valence-electron chi connectivity index (χ3n) is 19.6. The van der Waals surface area contributed by atoms with Crippen LogP contribution in [0.3, 0.4) is 0 Å². The van der Waals surface area contributed by atoms with Gasteiger partial charge in [-0.1, -0.05) is 88.9 Å². The number of aliphatic carboxylic acids is 1. The number of carbonyl (C=O) groups is 2. The van der Waals surface area contributed by atoms with Crippen LogP contribution in [0.1, 0.15) is 152 Å². The molecule has 3 fully saturated rings. The van der Waals surface area contributed by atoms with E-state index in [2.05, 4.69) is 136 Å². The number of allylic oxidation sites excluding steroid dienone is 1. The molecule has 3 aromatic carbocycles. The smallest absolute Gasteiger partial charge is 0.354 e. The molecule has 6 atom stereocenters. The number of rotatable bonds is 6. The first kappa shape index (κ1) is 48.3. The molecular formula is C63H76N6O4. The van der Waals surface area contributed by atoms with E-state index >= 15 is 0 Å². The van der Waals surface area contributed by atoms with Crippen LogP contribution >= 0.6 is 0 Å². The van der Waals surface area contributed by atoms with Gasteiger partial charge in [-0.3, -0.25) is 14.7 Å². The Morgan fingerprint density at radius 2 is 0.904 bits per heavy atom. The summed E-state index contributed by atoms with van der Waals surface area (Å²) in [5.74, 6) is -1.00. The lowest BCUT2D eigenvalue weighted by Crippen LogP contribution is -2.51. The highest BCUT2D eigenvalue weighted by atomic mass is 16.5. The van der Waals surface area contributed by atoms with Gasteiger partial charge in [0.25, 0.3) is 0 Å². The molecule has 1 N–H and O–H groups in total. The SMILES string of the molecule is C.CCOC(=O)C1=C[C@]2(CC)CCCN3CCc4c(n1c1ccccc41)[C@@H]32.CC[C@@]12C=C(C(=O)O)n3c4c(c5ccccc53)CCN(CCC1)[C@H]42.CC[C@@]12C=C(C)n3c4c(c5ccccc53)CCN(CCC1)[C@H]42. The summed E-state index contributed by atoms with van der Waals surface area (Å²) in [6, 6.07) is 27.2. The fourth-order valence-electron chi connectivity index (χ4n) is 16.6. The van der Waals surface area contributed by atoms with E-state index < -0.39 is 5.97 Å². The van der Waals surface area contributed by atoms with Crippen molar-refractivity contribution in [1.29, 1.82) is 0 Å². The second-order valence-corrected chi connectivity index (χ2v) is 22.7. The van der Waals surface area contributed by atoms with Gasteiger partial charge in [0.1, 0.15) is 11.4 Å². The summed E-state index contributed by atoms with van der Waals surface area (Å²) in [5.41, 5.74) is 15.3. The normalized spacial score (nSPS) is 28.2. The Kier molecular flexibility index (Phi) is 11.9. The standard InChI is InChI=1S/C22H26N2O2.C20H22N2O2.C20H24N2.CH4/c1-3-22-11-7-12-23-13-10-16-15-8-5-6-9-17(15)24(19(16)20(22)23)18(14-22)21(25)26-4-2;1-2-20-9-5-10-21-11-8-14-13-6-3-4-7-15(13)22(17(14)18(20)21)16(12-20)19(23)24;1-3-20-10-6-11-21-12-9-16-15-7-4-5-8-17(15)22(14(2)13-20)18(16)19(20)21;/h5-6,8-9,14,20H,3-4,7,10-13H2,1-2H3;3-4,6-7,12,18H,2,5,8-11H2,1H3,(H,23,24);4-5,7-8,13,19H,3,6,9-12H2,1-2H3;1H4/t20-,22+;18-,20+;19-,20+;/m111./s1. The summed E-state index contributed by atoms with van der Waals surface area (Å²) in [5, 5.41) is 14.0. The van der Waals surface area contributed by atoms with Gasteiger partial charge < -0.3 is 23.5 Å². The minimum Gasteiger partial charge on any atom is -0.477 e. The second kappa shape index (κ2) is 18.0. The molecule has 6 aromatic rings. The number of carboxylic acids is 1. The van der Waals surface area contributed by atoms with Crippen LogP contribution in [0.25, 0.3) is 49.8 Å². The molecule has 0 saturated carbocycles. The Morgan fingerprint density at radius 3 is 1.32 bits per heavy atom. The number of hydrogen-bond acceptors (Lipinski definition) is 6. The molecule has 10 heteroatoms. The molecule has 0 bridgehead atoms. The number of carbonyl (C=O) groups excluding carboxylic acids is 1. The maximum Gasteiger partial charge on any atom is 0.354 e. The van der Waals surface area contributed by atoms with Gasteiger partial charge in [-0.2, -0.15) is 0 Å². The molecule has 382 valence electrons. The fourth-order valence-corrected chi connectivity index (χ4v) is 16.6. The van der Waals surface area contributed by atoms with E-state index in [0.717, 1.165) is 87.9 Å². The summed E-state index contributed by atoms with van der Waals surface area (Å²) >= 11 is 0. The zero-order valence-electron chi connectivity index (χ0n) is 43.2. The molecule has 0 spiro atoms. The third kappa shape index (κ3) is 6.84. The Bertz CT molecular complexity index is 3310. The number of hydrogen-bond donors (Lipinski definition) is 1. The van der Waals surface area contributed by atoms with Crippen LogP contribution in [-0.2, 0) is 33.6 Å². The maximum absolute atomic E-state index is 12.9. The predicted molar refractivity (Wildman–Crippen MR) is 295 cm³/mol. The van der Waals surface area contributed by atoms with Crippen LogP contribution < -0.4 is 0 Å². The maximum atomic E-state index is 12.9. The highest BCUT2D eigenvalue weighted by Gasteiger charge is 2.54. The van der Waals surface area contributed by atoms with E-state index in [1.807, 2.05) is 17.6 Å². The predicted octanol–water partition coefficient (Wildman–Crippen LogP) is 13.1. The lowest BCUT2D eigenvalue weighted by Gasteiger charge is -2.53. The molecule has 12 heterocycles. The van der Waals surface area contributed by atoms with E-state index in [0.29, 0.717) is 35.8 Å². The lowest BCUT2D eigenvalue weighted by molar-refractivity contribution is -0.136. The van der Waals surface area contributed by atoms with Crippen molar-refractivity contribution in [3.63, 3.8) is 0 Å². The minimum absolute atomic E-state index is 0. The summed E-state index contributed by atoms with van der Waals surface area (Å²) < 4.78 is 12.3. The quantitative estimate of drug-likeness (QED) is 0.166. The van der Waals surface area contributed by atoms with Crippen molar-refractivity contribution in [3.05, 3.63) is 125 Å². The summed E-state index contributed by atoms with van der Waals surface area (Å²) in [7, 11) is 0. The number of esters is 1. The lowest BCUT2D eigenvalue weighted by atomic mass is 9.66. The molecule has 0 radical (unpaired) electrons. The number of carboxylic acid groups (broad SMARTS) is 1. The van der Waals surface area contributed by atoms with Crippen molar-refractivity contribution in [3.8, 4) is 0 Å². The summed E-state index contributed by atoms with van der Waals surface area (Å²) in [6.45, 7) is 18.5. The molecule has 15 rings (SSSR count). The van der Waals surface area contributed by atoms with Gasteiger partial charge in [0.05, 0.1) is 41.3 Å². The second-order valence-electron chi connectivity index (χ2n) is 22.7. The van der Waals surface area contributed by atoms with E-state index in [1.54, 1.807) is 11.3 Å². The molecule has 9 aliphatic rings. The Hall–Kier alpha value is -5.68. The van der Waals surface area contributed by atoms with Crippen molar-refractivity contribution >= 4 is 61.7 Å². The van der Waals surface area contributed by atoms with Crippen LogP contribution in [-0.4, -0.2) is 91.3 Å². The minimum atomic E-state index is -0.812. The zero-order chi connectivity index (χ0) is 49.3. The van der Waals surface area contributed by atoms with Crippen LogP contribution in [0.2, 0.25) is 0 Å². The molecule has 3 aromatic heterocycles. The highest BCUT2D eigenvalue weighted by molar-refractivity contribution is 6.14. The molecule has 9 aliphatic heterocycles. The summed E-state index contributed by atoms with van der Waals surface area (Å²) in [6.07, 6.45) is 20.8. The van der Waals surface area contributed by atoms with Crippen molar-refractivity contribution in [2.75, 3.05) is 45.9 Å². The molecule has 73 heavy (non-hydrogen) atoms. The molecule has 0 amide bonds. The van der Waals surface area contributed by atoms with E-state index in [9.17, 15) is 14.7 Å². The molecule has 0 unspecified atom stereocenters. The average molecular weight is 981 g/mol. The Balaban J connectivity index is 0.000000111. The van der Waals surface area contributed by atoms with E-state index in [1.165, 1.54) is 95.1 Å². The van der Waals surface area contributed by atoms with E-state index in [-0.39, 0.29) is 24.2 Å². The van der Waals surface area contributed by atoms with Crippen LogP contribution in [0.15, 0.2) is 91.0 Å². The van der Waals surface area contributed by atoms with E-state index in [4.69, 9.17) is 4.74 Å². The van der Waals surface area contributed by atoms with Crippen molar-refractivity contribution in [2.24, 2.45) is 16.2 Å². The first-order valence-corrected chi connectivity index (χ1v) is 27.8. The van der Waals surface area contributed by atoms with Gasteiger partial charge in [0, 0.05) is 74.8 Å². The van der Waals surface area contributed by atoms with Gasteiger partial charge >= 0.3 is 11.9 Å². The average Bonchev–Trinajstić information content (AvgIpc) is 4.08. The molecule has 10 nitrogen and oxygen atoms in total. The number of ether oxygens (including phenoxy) is 1. The van der Waals surface area contributed by atoms with Gasteiger partial charge in [-0.25, -0.2) is 9.59 Å². The molecule has 3 saturated heterocycles. The number of aromatic nitrogens is 3. The number of fused-ring (bicyclic) bond motifs is 9. The summed E-state index contributed by atoms with van der Waals surface area (Å²) in [4.78, 5) is 33.0. The number of benzene rings is 3. The van der Waals surface area contributed by atoms with Crippen molar-refractivity contribution < 1.29 is 19.4 Å². The molecular weight excluding hydrogens is 905 g/mol. The third-order valence-corrected chi connectivity index (χ3v) is 19.6. The Morgan fingerprint density at radius 1 is 0.534 bits per heavy atom. The van der Waals surface area contributed by atoms with Gasteiger partial charge in [0.15, 0.2) is 0 Å². The fraction of sp³-hybridized carbons (Fsp3) is 0.492. The van der Waals surface area contributed by atoms with Crippen LogP contribution in [0.5, 0.6) is 0 Å². The topological polar surface area (TPSA) is 88.1 Å². The first-order chi connectivity index (χ1) is 35.1. The number of para-hydroxylation sites is 3. The van der Waals surface area contributed by atoms with Crippen molar-refractivity contribution in [2.45, 2.75) is 137 Å². The van der Waals surface area contributed by atoms with Crippen LogP contribution in [0.4, 0.5) is 0 Å². The van der Waals surface area contributed by atoms with Crippen molar-refractivity contribution in [1.82, 2.24) is 28.4 Å². The monoisotopic (exact) mass is 981 g/mol. The number of nitrogens with zero attached hydrogens (tertiary/aromatic N) is 6. The van der Waals surface area contributed by atoms with Crippen LogP contribution in [0, 0.1) is 16.2 Å².